The maximum Gasteiger partial charge on any atom is 0.244 e. The fourth-order valence-corrected chi connectivity index (χ4v) is 2.91. The van der Waals surface area contributed by atoms with Crippen molar-refractivity contribution < 1.29 is 14.2 Å². The molecule has 0 unspecified atom stereocenters. The highest BCUT2D eigenvalue weighted by Crippen LogP contribution is 2.29. The van der Waals surface area contributed by atoms with Gasteiger partial charge in [-0.3, -0.25) is 4.40 Å². The molecule has 0 spiro atoms. The van der Waals surface area contributed by atoms with E-state index in [1.807, 2.05) is 5.38 Å². The van der Waals surface area contributed by atoms with Gasteiger partial charge in [-0.05, 0) is 12.1 Å². The SMILES string of the molecule is OCc1c(Oc2cc(F)cc(Br)c2)nc2sccn12. The maximum absolute atomic E-state index is 13.3. The van der Waals surface area contributed by atoms with Gasteiger partial charge in [0, 0.05) is 22.1 Å². The summed E-state index contributed by atoms with van der Waals surface area (Å²) >= 11 is 4.63. The largest absolute Gasteiger partial charge is 0.437 e. The Labute approximate surface area is 120 Å². The molecule has 2 aromatic heterocycles. The molecule has 1 aromatic carbocycles. The van der Waals surface area contributed by atoms with E-state index >= 15 is 0 Å². The zero-order valence-electron chi connectivity index (χ0n) is 9.51. The van der Waals surface area contributed by atoms with Crippen molar-refractivity contribution in [1.82, 2.24) is 9.38 Å². The van der Waals surface area contributed by atoms with Crippen LogP contribution in [0.3, 0.4) is 0 Å². The Morgan fingerprint density at radius 1 is 1.42 bits per heavy atom. The van der Waals surface area contributed by atoms with Crippen molar-refractivity contribution in [3.63, 3.8) is 0 Å². The first-order valence-electron chi connectivity index (χ1n) is 5.36. The van der Waals surface area contributed by atoms with Crippen LogP contribution in [0.25, 0.3) is 4.96 Å². The predicted octanol–water partition coefficient (Wildman–Crippen LogP) is 3.58. The van der Waals surface area contributed by atoms with Crippen LogP contribution in [0.15, 0.2) is 34.2 Å². The summed E-state index contributed by atoms with van der Waals surface area (Å²) in [5.74, 6) is 0.204. The average Bonchev–Trinajstić information content (AvgIpc) is 2.87. The van der Waals surface area contributed by atoms with Gasteiger partial charge in [-0.2, -0.15) is 4.98 Å². The van der Waals surface area contributed by atoms with Crippen molar-refractivity contribution >= 4 is 32.2 Å². The molecule has 0 aliphatic carbocycles. The third-order valence-electron chi connectivity index (χ3n) is 2.52. The Hall–Kier alpha value is -1.44. The Morgan fingerprint density at radius 3 is 3.00 bits per heavy atom. The highest BCUT2D eigenvalue weighted by molar-refractivity contribution is 9.10. The smallest absolute Gasteiger partial charge is 0.244 e. The number of nitrogens with zero attached hydrogens (tertiary/aromatic N) is 2. The van der Waals surface area contributed by atoms with Crippen LogP contribution in [0.5, 0.6) is 11.6 Å². The molecular formula is C12H8BrFN2O2S. The molecule has 1 N–H and O–H groups in total. The lowest BCUT2D eigenvalue weighted by atomic mass is 10.3. The zero-order valence-corrected chi connectivity index (χ0v) is 11.9. The first-order valence-corrected chi connectivity index (χ1v) is 7.04. The molecule has 7 heteroatoms. The summed E-state index contributed by atoms with van der Waals surface area (Å²) in [4.78, 5) is 4.98. The number of thiazole rings is 1. The van der Waals surface area contributed by atoms with E-state index in [9.17, 15) is 9.50 Å². The van der Waals surface area contributed by atoms with Crippen molar-refractivity contribution in [3.05, 3.63) is 45.8 Å². The van der Waals surface area contributed by atoms with Gasteiger partial charge >= 0.3 is 0 Å². The van der Waals surface area contributed by atoms with E-state index in [-0.39, 0.29) is 12.5 Å². The van der Waals surface area contributed by atoms with Crippen LogP contribution in [0.4, 0.5) is 4.39 Å². The standard InChI is InChI=1S/C12H8BrFN2O2S/c13-7-3-8(14)5-9(4-7)18-11-10(6-17)16-1-2-19-12(16)15-11/h1-5,17H,6H2. The summed E-state index contributed by atoms with van der Waals surface area (Å²) in [6.07, 6.45) is 1.80. The van der Waals surface area contributed by atoms with Crippen molar-refractivity contribution in [2.45, 2.75) is 6.61 Å². The zero-order chi connectivity index (χ0) is 13.4. The summed E-state index contributed by atoms with van der Waals surface area (Å²) in [5.41, 5.74) is 0.539. The first-order chi connectivity index (χ1) is 9.17. The molecule has 0 saturated carbocycles. The Bertz CT molecular complexity index is 720. The number of rotatable bonds is 3. The highest BCUT2D eigenvalue weighted by atomic mass is 79.9. The van der Waals surface area contributed by atoms with Crippen molar-refractivity contribution in [2.24, 2.45) is 0 Å². The number of aromatic nitrogens is 2. The average molecular weight is 343 g/mol. The number of imidazole rings is 1. The minimum Gasteiger partial charge on any atom is -0.437 e. The van der Waals surface area contributed by atoms with Gasteiger partial charge in [-0.15, -0.1) is 11.3 Å². The minimum absolute atomic E-state index is 0.205. The Kier molecular flexibility index (Phi) is 3.26. The van der Waals surface area contributed by atoms with E-state index < -0.39 is 5.82 Å². The summed E-state index contributed by atoms with van der Waals surface area (Å²) in [6.45, 7) is -0.205. The molecule has 19 heavy (non-hydrogen) atoms. The molecule has 98 valence electrons. The van der Waals surface area contributed by atoms with E-state index in [4.69, 9.17) is 4.74 Å². The first kappa shape index (κ1) is 12.6. The Morgan fingerprint density at radius 2 is 2.26 bits per heavy atom. The van der Waals surface area contributed by atoms with Crippen LogP contribution in [-0.2, 0) is 6.61 Å². The van der Waals surface area contributed by atoms with Crippen molar-refractivity contribution in [1.29, 1.82) is 0 Å². The number of hydrogen-bond donors (Lipinski definition) is 1. The number of aliphatic hydroxyl groups excluding tert-OH is 1. The van der Waals surface area contributed by atoms with Gasteiger partial charge in [0.25, 0.3) is 0 Å². The highest BCUT2D eigenvalue weighted by Gasteiger charge is 2.14. The fourth-order valence-electron chi connectivity index (χ4n) is 1.74. The molecule has 0 radical (unpaired) electrons. The van der Waals surface area contributed by atoms with E-state index in [0.717, 1.165) is 4.96 Å². The third kappa shape index (κ3) is 2.36. The lowest BCUT2D eigenvalue weighted by Gasteiger charge is -2.05. The fraction of sp³-hybridized carbons (Fsp3) is 0.0833. The molecule has 0 fully saturated rings. The van der Waals surface area contributed by atoms with Gasteiger partial charge in [0.1, 0.15) is 17.3 Å². The van der Waals surface area contributed by atoms with Crippen LogP contribution in [0.1, 0.15) is 5.69 Å². The second-order valence-electron chi connectivity index (χ2n) is 3.78. The van der Waals surface area contributed by atoms with Gasteiger partial charge in [-0.1, -0.05) is 15.9 Å². The molecule has 0 saturated heterocycles. The molecule has 0 bridgehead atoms. The molecule has 2 heterocycles. The van der Waals surface area contributed by atoms with Crippen molar-refractivity contribution in [2.75, 3.05) is 0 Å². The van der Waals surface area contributed by atoms with Gasteiger partial charge in [0.05, 0.1) is 6.61 Å². The van der Waals surface area contributed by atoms with E-state index in [2.05, 4.69) is 20.9 Å². The van der Waals surface area contributed by atoms with Gasteiger partial charge in [0.2, 0.25) is 5.88 Å². The number of hydrogen-bond acceptors (Lipinski definition) is 4. The van der Waals surface area contributed by atoms with Crippen LogP contribution >= 0.6 is 27.3 Å². The number of ether oxygens (including phenoxy) is 1. The summed E-state index contributed by atoms with van der Waals surface area (Å²) < 4.78 is 21.1. The summed E-state index contributed by atoms with van der Waals surface area (Å²) in [5, 5.41) is 11.3. The third-order valence-corrected chi connectivity index (χ3v) is 3.74. The minimum atomic E-state index is -0.407. The lowest BCUT2D eigenvalue weighted by Crippen LogP contribution is -1.94. The molecule has 0 amide bonds. The Balaban J connectivity index is 2.02. The van der Waals surface area contributed by atoms with Crippen molar-refractivity contribution in [3.8, 4) is 11.6 Å². The predicted molar refractivity (Wildman–Crippen MR) is 73.2 cm³/mol. The molecule has 0 aliphatic heterocycles. The summed E-state index contributed by atoms with van der Waals surface area (Å²) in [7, 11) is 0. The molecular weight excluding hydrogens is 335 g/mol. The number of benzene rings is 1. The van der Waals surface area contributed by atoms with Crippen LogP contribution < -0.4 is 4.74 Å². The van der Waals surface area contributed by atoms with E-state index in [1.165, 1.54) is 23.5 Å². The quantitative estimate of drug-likeness (QED) is 0.791. The second kappa shape index (κ2) is 4.92. The molecule has 3 rings (SSSR count). The molecule has 3 aromatic rings. The van der Waals surface area contributed by atoms with Crippen LogP contribution in [0.2, 0.25) is 0 Å². The van der Waals surface area contributed by atoms with Gasteiger partial charge in [-0.25, -0.2) is 4.39 Å². The normalized spacial score (nSPS) is 11.1. The number of fused-ring (bicyclic) bond motifs is 1. The molecule has 0 atom stereocenters. The second-order valence-corrected chi connectivity index (χ2v) is 5.57. The lowest BCUT2D eigenvalue weighted by molar-refractivity contribution is 0.269. The van der Waals surface area contributed by atoms with Crippen LogP contribution in [0, 0.1) is 5.82 Å². The van der Waals surface area contributed by atoms with E-state index in [0.29, 0.717) is 15.9 Å². The maximum atomic E-state index is 13.3. The topological polar surface area (TPSA) is 46.8 Å². The van der Waals surface area contributed by atoms with Crippen LogP contribution in [-0.4, -0.2) is 14.5 Å². The molecule has 4 nitrogen and oxygen atoms in total. The number of aliphatic hydroxyl groups is 1. The number of halogens is 2. The summed E-state index contributed by atoms with van der Waals surface area (Å²) in [6, 6.07) is 4.24. The van der Waals surface area contributed by atoms with E-state index in [1.54, 1.807) is 16.7 Å². The van der Waals surface area contributed by atoms with Gasteiger partial charge in [0.15, 0.2) is 4.96 Å². The molecule has 0 aliphatic rings. The monoisotopic (exact) mass is 342 g/mol. The van der Waals surface area contributed by atoms with Gasteiger partial charge < -0.3 is 9.84 Å².